The van der Waals surface area contributed by atoms with Gasteiger partial charge in [-0.3, -0.25) is 18.9 Å². The van der Waals surface area contributed by atoms with Crippen molar-refractivity contribution in [1.82, 2.24) is 23.7 Å². The monoisotopic (exact) mass is 415 g/mol. The van der Waals surface area contributed by atoms with Crippen molar-refractivity contribution in [2.45, 2.75) is 32.6 Å². The van der Waals surface area contributed by atoms with Crippen LogP contribution in [0.25, 0.3) is 11.2 Å². The van der Waals surface area contributed by atoms with Gasteiger partial charge in [-0.25, -0.2) is 10.2 Å². The summed E-state index contributed by atoms with van der Waals surface area (Å²) < 4.78 is 9.25. The van der Waals surface area contributed by atoms with Crippen LogP contribution in [0.3, 0.4) is 0 Å². The van der Waals surface area contributed by atoms with Crippen molar-refractivity contribution in [1.29, 1.82) is 0 Å². The molecule has 0 aliphatic heterocycles. The molecular weight excluding hydrogens is 390 g/mol. The van der Waals surface area contributed by atoms with Gasteiger partial charge in [-0.15, -0.1) is 0 Å². The number of aryl methyl sites for hydroxylation is 1. The summed E-state index contributed by atoms with van der Waals surface area (Å²) in [5.74, 6) is 0.215. The minimum absolute atomic E-state index is 0.0292. The number of fused-ring (bicyclic) bond motifs is 1. The molecule has 0 saturated heterocycles. The van der Waals surface area contributed by atoms with Gasteiger partial charge < -0.3 is 14.4 Å². The van der Waals surface area contributed by atoms with Gasteiger partial charge in [-0.2, -0.15) is 10.1 Å². The zero-order valence-corrected chi connectivity index (χ0v) is 17.3. The fraction of sp³-hybridized carbons (Fsp3) is 0.421. The highest BCUT2D eigenvalue weighted by atomic mass is 16.5. The van der Waals surface area contributed by atoms with Crippen LogP contribution in [0.5, 0.6) is 0 Å². The lowest BCUT2D eigenvalue weighted by Gasteiger charge is -2.16. The fourth-order valence-corrected chi connectivity index (χ4v) is 2.89. The Kier molecular flexibility index (Phi) is 6.43. The first-order valence-electron chi connectivity index (χ1n) is 9.44. The average Bonchev–Trinajstić information content (AvgIpc) is 3.08. The van der Waals surface area contributed by atoms with E-state index in [0.29, 0.717) is 0 Å². The second-order valence-electron chi connectivity index (χ2n) is 7.12. The van der Waals surface area contributed by atoms with Gasteiger partial charge in [0.05, 0.1) is 31.6 Å². The molecule has 0 amide bonds. The van der Waals surface area contributed by atoms with E-state index in [0.717, 1.165) is 10.1 Å². The molecule has 0 aliphatic carbocycles. The molecule has 30 heavy (non-hydrogen) atoms. The average molecular weight is 415 g/mol. The van der Waals surface area contributed by atoms with Crippen molar-refractivity contribution >= 4 is 23.3 Å². The molecule has 0 fully saturated rings. The first kappa shape index (κ1) is 21.4. The molecule has 3 heterocycles. The predicted molar refractivity (Wildman–Crippen MR) is 113 cm³/mol. The molecule has 3 rings (SSSR count). The fourth-order valence-electron chi connectivity index (χ4n) is 2.89. The van der Waals surface area contributed by atoms with Crippen LogP contribution in [-0.4, -0.2) is 53.8 Å². The molecule has 0 spiro atoms. The van der Waals surface area contributed by atoms with Gasteiger partial charge in [0.1, 0.15) is 0 Å². The molecule has 0 aliphatic rings. The van der Waals surface area contributed by atoms with Crippen LogP contribution in [0.4, 0.5) is 5.95 Å². The number of hydrogen-bond acceptors (Lipinski definition) is 8. The summed E-state index contributed by atoms with van der Waals surface area (Å²) in [6.07, 6.45) is 3.90. The number of aliphatic hydroxyl groups is 1. The number of pyridine rings is 1. The number of ether oxygens (including phenoxy) is 1. The van der Waals surface area contributed by atoms with Crippen LogP contribution >= 0.6 is 0 Å². The number of imidazole rings is 1. The Morgan fingerprint density at radius 2 is 2.07 bits per heavy atom. The number of aliphatic hydroxyl groups excluding tert-OH is 1. The van der Waals surface area contributed by atoms with Crippen LogP contribution in [0.2, 0.25) is 0 Å². The van der Waals surface area contributed by atoms with Crippen LogP contribution < -0.4 is 16.7 Å². The largest absolute Gasteiger partial charge is 0.389 e. The molecule has 3 aromatic rings. The van der Waals surface area contributed by atoms with E-state index in [2.05, 4.69) is 20.5 Å². The number of nitrogens with one attached hydrogen (secondary N) is 1. The smallest absolute Gasteiger partial charge is 0.332 e. The quantitative estimate of drug-likeness (QED) is 0.393. The third-order valence-corrected chi connectivity index (χ3v) is 4.43. The van der Waals surface area contributed by atoms with E-state index < -0.39 is 17.4 Å². The zero-order valence-electron chi connectivity index (χ0n) is 17.3. The SMILES string of the molecule is CC(C)OCC(O)Cn1c(N/N=C/c2cccnc2)nc2c1c(=O)n(C)c(=O)n2C. The highest BCUT2D eigenvalue weighted by Gasteiger charge is 2.21. The van der Waals surface area contributed by atoms with E-state index in [1.807, 2.05) is 19.9 Å². The maximum absolute atomic E-state index is 12.8. The van der Waals surface area contributed by atoms with Crippen LogP contribution in [-0.2, 0) is 25.4 Å². The van der Waals surface area contributed by atoms with E-state index in [9.17, 15) is 14.7 Å². The summed E-state index contributed by atoms with van der Waals surface area (Å²) in [5.41, 5.74) is 2.93. The van der Waals surface area contributed by atoms with Gasteiger partial charge in [0.15, 0.2) is 11.2 Å². The highest BCUT2D eigenvalue weighted by Crippen LogP contribution is 2.16. The summed E-state index contributed by atoms with van der Waals surface area (Å²) in [6.45, 7) is 3.85. The maximum Gasteiger partial charge on any atom is 0.332 e. The van der Waals surface area contributed by atoms with Crippen LogP contribution in [0.15, 0.2) is 39.2 Å². The molecule has 11 nitrogen and oxygen atoms in total. The van der Waals surface area contributed by atoms with Gasteiger partial charge in [0.2, 0.25) is 5.95 Å². The Balaban J connectivity index is 2.02. The van der Waals surface area contributed by atoms with E-state index in [1.165, 1.54) is 23.2 Å². The summed E-state index contributed by atoms with van der Waals surface area (Å²) in [7, 11) is 2.93. The number of hydrogen-bond donors (Lipinski definition) is 2. The highest BCUT2D eigenvalue weighted by molar-refractivity contribution is 5.80. The van der Waals surface area contributed by atoms with Crippen molar-refractivity contribution < 1.29 is 9.84 Å². The molecule has 1 unspecified atom stereocenters. The third-order valence-electron chi connectivity index (χ3n) is 4.43. The van der Waals surface area contributed by atoms with Gasteiger partial charge >= 0.3 is 5.69 Å². The molecule has 0 bridgehead atoms. The third kappa shape index (κ3) is 4.47. The van der Waals surface area contributed by atoms with Crippen molar-refractivity contribution in [2.75, 3.05) is 12.0 Å². The Morgan fingerprint density at radius 3 is 2.73 bits per heavy atom. The lowest BCUT2D eigenvalue weighted by Crippen LogP contribution is -2.38. The van der Waals surface area contributed by atoms with Gasteiger partial charge in [0, 0.05) is 32.1 Å². The van der Waals surface area contributed by atoms with Gasteiger partial charge in [-0.1, -0.05) is 6.07 Å². The zero-order chi connectivity index (χ0) is 21.8. The number of hydrazone groups is 1. The Morgan fingerprint density at radius 1 is 1.30 bits per heavy atom. The Bertz CT molecular complexity index is 1160. The number of nitrogens with zero attached hydrogens (tertiary/aromatic N) is 6. The molecule has 0 saturated carbocycles. The van der Waals surface area contributed by atoms with E-state index in [4.69, 9.17) is 4.74 Å². The number of aromatic nitrogens is 5. The lowest BCUT2D eigenvalue weighted by molar-refractivity contribution is -0.000109. The molecule has 0 radical (unpaired) electrons. The van der Waals surface area contributed by atoms with Gasteiger partial charge in [-0.05, 0) is 19.9 Å². The van der Waals surface area contributed by atoms with E-state index in [1.54, 1.807) is 24.7 Å². The van der Waals surface area contributed by atoms with Crippen molar-refractivity contribution in [3.63, 3.8) is 0 Å². The van der Waals surface area contributed by atoms with E-state index in [-0.39, 0.29) is 36.4 Å². The van der Waals surface area contributed by atoms with Gasteiger partial charge in [0.25, 0.3) is 5.56 Å². The molecular formula is C19H25N7O4. The van der Waals surface area contributed by atoms with Crippen LogP contribution in [0, 0.1) is 0 Å². The summed E-state index contributed by atoms with van der Waals surface area (Å²) >= 11 is 0. The first-order chi connectivity index (χ1) is 14.3. The normalized spacial score (nSPS) is 12.9. The summed E-state index contributed by atoms with van der Waals surface area (Å²) in [6, 6.07) is 3.61. The minimum atomic E-state index is -0.894. The predicted octanol–water partition coefficient (Wildman–Crippen LogP) is 0.0606. The first-order valence-corrected chi connectivity index (χ1v) is 9.44. The topological polar surface area (TPSA) is 129 Å². The minimum Gasteiger partial charge on any atom is -0.389 e. The molecule has 3 aromatic heterocycles. The molecule has 11 heteroatoms. The second-order valence-corrected chi connectivity index (χ2v) is 7.12. The lowest BCUT2D eigenvalue weighted by atomic mass is 10.3. The van der Waals surface area contributed by atoms with Crippen molar-refractivity contribution in [2.24, 2.45) is 19.2 Å². The van der Waals surface area contributed by atoms with Crippen molar-refractivity contribution in [3.8, 4) is 0 Å². The molecule has 2 N–H and O–H groups in total. The number of rotatable bonds is 8. The summed E-state index contributed by atoms with van der Waals surface area (Å²) in [5, 5.41) is 14.6. The van der Waals surface area contributed by atoms with E-state index >= 15 is 0 Å². The Labute approximate surface area is 172 Å². The molecule has 160 valence electrons. The standard InChI is InChI=1S/C19H25N7O4/c1-12(2)30-11-14(27)10-26-15-16(24(3)19(29)25(4)17(15)28)22-18(26)23-21-9-13-6-5-7-20-8-13/h5-9,12,14,27H,10-11H2,1-4H3,(H,22,23)/b21-9+. The molecule has 1 atom stereocenters. The maximum atomic E-state index is 12.8. The van der Waals surface area contributed by atoms with Crippen LogP contribution in [0.1, 0.15) is 19.4 Å². The Hall–Kier alpha value is -3.31. The second kappa shape index (κ2) is 9.01. The van der Waals surface area contributed by atoms with Crippen molar-refractivity contribution in [3.05, 3.63) is 50.9 Å². The number of anilines is 1. The molecule has 0 aromatic carbocycles. The summed E-state index contributed by atoms with van der Waals surface area (Å²) in [4.78, 5) is 33.4.